The van der Waals surface area contributed by atoms with E-state index in [4.69, 9.17) is 21.7 Å². The molecule has 3 N–H and O–H groups in total. The van der Waals surface area contributed by atoms with Gasteiger partial charge in [0.1, 0.15) is 11.5 Å². The number of ether oxygens (including phenoxy) is 2. The lowest BCUT2D eigenvalue weighted by molar-refractivity contribution is -0.115. The number of rotatable bonds is 11. The average molecular weight is 470 g/mol. The van der Waals surface area contributed by atoms with Gasteiger partial charge in [0.15, 0.2) is 5.11 Å². The fraction of sp³-hybridized carbons (Fsp3) is 0.320. The van der Waals surface area contributed by atoms with Gasteiger partial charge in [-0.05, 0) is 73.6 Å². The van der Waals surface area contributed by atoms with Crippen molar-refractivity contribution in [2.75, 3.05) is 13.2 Å². The van der Waals surface area contributed by atoms with E-state index < -0.39 is 5.91 Å². The Morgan fingerprint density at radius 2 is 1.55 bits per heavy atom. The number of carbonyl (C=O) groups is 2. The molecule has 0 bridgehead atoms. The van der Waals surface area contributed by atoms with Crippen LogP contribution in [0.2, 0.25) is 0 Å². The second kappa shape index (κ2) is 14.6. The van der Waals surface area contributed by atoms with Gasteiger partial charge in [-0.1, -0.05) is 38.3 Å². The molecule has 2 amide bonds. The molecule has 0 radical (unpaired) electrons. The number of unbranched alkanes of at least 4 members (excludes halogenated alkanes) is 3. The molecular formula is C25H31N3O4S. The summed E-state index contributed by atoms with van der Waals surface area (Å²) in [4.78, 5) is 24.3. The van der Waals surface area contributed by atoms with Crippen molar-refractivity contribution in [3.63, 3.8) is 0 Å². The average Bonchev–Trinajstić information content (AvgIpc) is 2.82. The standard InChI is InChI=1S/C25H31N3O4S/c1-3-5-6-7-18-32-22-15-11-20(12-16-22)24(30)27-28-25(33)26-23(29)17-10-19-8-13-21(14-9-19)31-4-2/h8-17H,3-7,18H2,1-2H3,(H,27,30)(H2,26,28,29,33)/b17-10+. The number of amides is 2. The molecular weight excluding hydrogens is 438 g/mol. The largest absolute Gasteiger partial charge is 0.494 e. The van der Waals surface area contributed by atoms with Crippen molar-refractivity contribution in [3.05, 3.63) is 65.7 Å². The maximum absolute atomic E-state index is 12.3. The van der Waals surface area contributed by atoms with Gasteiger partial charge in [-0.3, -0.25) is 25.8 Å². The minimum atomic E-state index is -0.420. The van der Waals surface area contributed by atoms with Crippen molar-refractivity contribution in [3.8, 4) is 11.5 Å². The first-order valence-electron chi connectivity index (χ1n) is 11.1. The highest BCUT2D eigenvalue weighted by Crippen LogP contribution is 2.14. The van der Waals surface area contributed by atoms with Crippen LogP contribution in [0.15, 0.2) is 54.6 Å². The number of benzene rings is 2. The van der Waals surface area contributed by atoms with Crippen LogP contribution in [0.5, 0.6) is 11.5 Å². The Bertz CT molecular complexity index is 928. The van der Waals surface area contributed by atoms with E-state index in [1.54, 1.807) is 30.3 Å². The molecule has 0 atom stereocenters. The van der Waals surface area contributed by atoms with Crippen LogP contribution in [0.25, 0.3) is 6.08 Å². The smallest absolute Gasteiger partial charge is 0.269 e. The molecule has 8 heteroatoms. The molecule has 0 saturated heterocycles. The van der Waals surface area contributed by atoms with Crippen LogP contribution in [0.3, 0.4) is 0 Å². The third kappa shape index (κ3) is 10.2. The molecule has 0 aliphatic heterocycles. The molecule has 0 fully saturated rings. The normalized spacial score (nSPS) is 10.5. The van der Waals surface area contributed by atoms with Gasteiger partial charge in [0.05, 0.1) is 13.2 Å². The van der Waals surface area contributed by atoms with Crippen molar-refractivity contribution < 1.29 is 19.1 Å². The molecule has 0 heterocycles. The van der Waals surface area contributed by atoms with E-state index in [-0.39, 0.29) is 11.0 Å². The number of hydrazine groups is 1. The Kier molecular flexibility index (Phi) is 11.5. The second-order valence-corrected chi connectivity index (χ2v) is 7.57. The lowest BCUT2D eigenvalue weighted by atomic mass is 10.2. The van der Waals surface area contributed by atoms with Crippen LogP contribution < -0.4 is 25.6 Å². The molecule has 0 unspecified atom stereocenters. The maximum atomic E-state index is 12.3. The van der Waals surface area contributed by atoms with Gasteiger partial charge in [0.2, 0.25) is 5.91 Å². The predicted molar refractivity (Wildman–Crippen MR) is 134 cm³/mol. The molecule has 33 heavy (non-hydrogen) atoms. The van der Waals surface area contributed by atoms with Gasteiger partial charge < -0.3 is 9.47 Å². The monoisotopic (exact) mass is 469 g/mol. The number of carbonyl (C=O) groups excluding carboxylic acids is 2. The topological polar surface area (TPSA) is 88.7 Å². The van der Waals surface area contributed by atoms with Gasteiger partial charge in [0.25, 0.3) is 5.91 Å². The number of nitrogens with one attached hydrogen (secondary N) is 3. The Hall–Kier alpha value is -3.39. The lowest BCUT2D eigenvalue weighted by Gasteiger charge is -2.10. The lowest BCUT2D eigenvalue weighted by Crippen LogP contribution is -2.48. The molecule has 7 nitrogen and oxygen atoms in total. The summed E-state index contributed by atoms with van der Waals surface area (Å²) in [6.07, 6.45) is 7.56. The summed E-state index contributed by atoms with van der Waals surface area (Å²) in [6.45, 7) is 5.34. The molecule has 2 aromatic carbocycles. The molecule has 0 spiro atoms. The number of thiocarbonyl (C=S) groups is 1. The molecule has 0 saturated carbocycles. The molecule has 2 aromatic rings. The Labute approximate surface area is 200 Å². The van der Waals surface area contributed by atoms with Gasteiger partial charge in [-0.2, -0.15) is 0 Å². The van der Waals surface area contributed by atoms with Crippen molar-refractivity contribution in [2.24, 2.45) is 0 Å². The summed E-state index contributed by atoms with van der Waals surface area (Å²) in [5.74, 6) is 0.685. The van der Waals surface area contributed by atoms with Gasteiger partial charge in [0, 0.05) is 11.6 Å². The van der Waals surface area contributed by atoms with Crippen molar-refractivity contribution in [1.29, 1.82) is 0 Å². The van der Waals surface area contributed by atoms with Crippen molar-refractivity contribution in [1.82, 2.24) is 16.2 Å². The quantitative estimate of drug-likeness (QED) is 0.196. The highest BCUT2D eigenvalue weighted by molar-refractivity contribution is 7.80. The van der Waals surface area contributed by atoms with Crippen LogP contribution in [0.4, 0.5) is 0 Å². The van der Waals surface area contributed by atoms with Crippen molar-refractivity contribution in [2.45, 2.75) is 39.5 Å². The second-order valence-electron chi connectivity index (χ2n) is 7.17. The highest BCUT2D eigenvalue weighted by atomic mass is 32.1. The van der Waals surface area contributed by atoms with Gasteiger partial charge in [-0.15, -0.1) is 0 Å². The number of hydrogen-bond acceptors (Lipinski definition) is 5. The summed E-state index contributed by atoms with van der Waals surface area (Å²) in [5.41, 5.74) is 6.25. The van der Waals surface area contributed by atoms with Crippen LogP contribution in [-0.2, 0) is 4.79 Å². The molecule has 0 aliphatic carbocycles. The Morgan fingerprint density at radius 3 is 2.21 bits per heavy atom. The van der Waals surface area contributed by atoms with Crippen molar-refractivity contribution >= 4 is 35.2 Å². The summed E-state index contributed by atoms with van der Waals surface area (Å²) in [6, 6.07) is 14.2. The molecule has 0 aromatic heterocycles. The van der Waals surface area contributed by atoms with E-state index in [2.05, 4.69) is 23.1 Å². The third-order valence-corrected chi connectivity index (χ3v) is 4.73. The van der Waals surface area contributed by atoms with E-state index in [1.165, 1.54) is 18.9 Å². The Morgan fingerprint density at radius 1 is 0.879 bits per heavy atom. The van der Waals surface area contributed by atoms with E-state index in [0.29, 0.717) is 18.8 Å². The Balaban J connectivity index is 1.71. The highest BCUT2D eigenvalue weighted by Gasteiger charge is 2.07. The molecule has 2 rings (SSSR count). The SMILES string of the molecule is CCCCCCOc1ccc(C(=O)NNC(=S)NC(=O)/C=C/c2ccc(OCC)cc2)cc1. The van der Waals surface area contributed by atoms with Gasteiger partial charge in [-0.25, -0.2) is 0 Å². The fourth-order valence-electron chi connectivity index (χ4n) is 2.81. The zero-order valence-corrected chi connectivity index (χ0v) is 19.9. The first-order valence-corrected chi connectivity index (χ1v) is 11.5. The maximum Gasteiger partial charge on any atom is 0.269 e. The van der Waals surface area contributed by atoms with E-state index in [1.807, 2.05) is 31.2 Å². The first-order chi connectivity index (χ1) is 16.0. The zero-order chi connectivity index (χ0) is 23.9. The van der Waals surface area contributed by atoms with Crippen LogP contribution in [0, 0.1) is 0 Å². The number of hydrogen-bond donors (Lipinski definition) is 3. The zero-order valence-electron chi connectivity index (χ0n) is 19.1. The summed E-state index contributed by atoms with van der Waals surface area (Å²) < 4.78 is 11.1. The summed E-state index contributed by atoms with van der Waals surface area (Å²) in [7, 11) is 0. The van der Waals surface area contributed by atoms with E-state index in [9.17, 15) is 9.59 Å². The summed E-state index contributed by atoms with van der Waals surface area (Å²) in [5, 5.41) is 2.45. The minimum Gasteiger partial charge on any atom is -0.494 e. The van der Waals surface area contributed by atoms with Crippen LogP contribution in [-0.4, -0.2) is 30.1 Å². The third-order valence-electron chi connectivity index (χ3n) is 4.53. The van der Waals surface area contributed by atoms with Crippen LogP contribution in [0.1, 0.15) is 55.5 Å². The minimum absolute atomic E-state index is 0.0169. The molecule has 0 aliphatic rings. The van der Waals surface area contributed by atoms with Crippen LogP contribution >= 0.6 is 12.2 Å². The predicted octanol–water partition coefficient (Wildman–Crippen LogP) is 4.39. The fourth-order valence-corrected chi connectivity index (χ4v) is 2.96. The van der Waals surface area contributed by atoms with E-state index >= 15 is 0 Å². The first kappa shape index (κ1) is 25.9. The van der Waals surface area contributed by atoms with Gasteiger partial charge >= 0.3 is 0 Å². The molecule has 176 valence electrons. The summed E-state index contributed by atoms with van der Waals surface area (Å²) >= 11 is 5.05. The van der Waals surface area contributed by atoms with E-state index in [0.717, 1.165) is 29.9 Å².